The van der Waals surface area contributed by atoms with Crippen molar-refractivity contribution in [2.75, 3.05) is 46.4 Å². The van der Waals surface area contributed by atoms with Crippen LogP contribution in [0, 0.1) is 58.2 Å². The number of fused-ring (bicyclic) bond motifs is 5. The summed E-state index contributed by atoms with van der Waals surface area (Å²) in [6, 6.07) is 0. The maximum atomic E-state index is 14.1. The lowest BCUT2D eigenvalue weighted by molar-refractivity contribution is -0.571. The number of carbonyl (C=O) groups is 6. The topological polar surface area (TPSA) is 234 Å². The highest BCUT2D eigenvalue weighted by Crippen LogP contribution is 2.63. The first kappa shape index (κ1) is 64.1. The predicted octanol–water partition coefficient (Wildman–Crippen LogP) is 8.25. The highest BCUT2D eigenvalue weighted by atomic mass is 17.3. The third-order valence-corrected chi connectivity index (χ3v) is 23.3. The molecule has 4 amide bonds. The van der Waals surface area contributed by atoms with Crippen molar-refractivity contribution in [1.29, 1.82) is 0 Å². The summed E-state index contributed by atoms with van der Waals surface area (Å²) >= 11 is 0. The molecule has 10 aliphatic heterocycles. The zero-order valence-corrected chi connectivity index (χ0v) is 53.2. The molecule has 4 bridgehead atoms. The Hall–Kier alpha value is -3.48. The fourth-order valence-corrected chi connectivity index (χ4v) is 17.9. The van der Waals surface area contributed by atoms with Crippen molar-refractivity contribution >= 4 is 35.2 Å². The molecule has 0 aromatic carbocycles. The van der Waals surface area contributed by atoms with E-state index >= 15 is 0 Å². The molecule has 21 heteroatoms. The first-order chi connectivity index (χ1) is 40.8. The van der Waals surface area contributed by atoms with Gasteiger partial charge in [-0.25, -0.2) is 24.4 Å². The Balaban J connectivity index is 0.655. The van der Waals surface area contributed by atoms with Crippen LogP contribution in [0.3, 0.4) is 0 Å². The van der Waals surface area contributed by atoms with E-state index in [2.05, 4.69) is 38.3 Å². The highest BCUT2D eigenvalue weighted by molar-refractivity contribution is 6.19. The lowest BCUT2D eigenvalue weighted by Crippen LogP contribution is -2.70. The van der Waals surface area contributed by atoms with E-state index in [-0.39, 0.29) is 101 Å². The van der Waals surface area contributed by atoms with Crippen molar-refractivity contribution in [3.8, 4) is 0 Å². The van der Waals surface area contributed by atoms with Gasteiger partial charge in [0.2, 0.25) is 41.0 Å². The van der Waals surface area contributed by atoms with Gasteiger partial charge in [-0.15, -0.1) is 0 Å². The van der Waals surface area contributed by atoms with Crippen LogP contribution >= 0.6 is 0 Å². The normalized spacial score (nSPS) is 41.4. The molecule has 21 nitrogen and oxygen atoms in total. The maximum absolute atomic E-state index is 14.1. The molecular formula is C65H100N4O17. The summed E-state index contributed by atoms with van der Waals surface area (Å²) in [4.78, 5) is 122. The molecule has 13 aliphatic rings. The largest absolute Gasteiger partial charge is 0.356 e. The van der Waals surface area contributed by atoms with E-state index in [0.29, 0.717) is 115 Å². The first-order valence-corrected chi connectivity index (χ1v) is 33.0. The number of rotatable bonds is 20. The van der Waals surface area contributed by atoms with Crippen LogP contribution in [-0.4, -0.2) is 150 Å². The van der Waals surface area contributed by atoms with Crippen molar-refractivity contribution in [3.63, 3.8) is 0 Å². The van der Waals surface area contributed by atoms with E-state index in [1.807, 2.05) is 18.7 Å². The van der Waals surface area contributed by atoms with Gasteiger partial charge in [-0.1, -0.05) is 27.7 Å². The van der Waals surface area contributed by atoms with E-state index in [9.17, 15) is 28.8 Å². The summed E-state index contributed by atoms with van der Waals surface area (Å²) in [6.45, 7) is 21.9. The molecule has 12 fully saturated rings. The SMILES string of the molecule is COC12OOC3(C=C1C(=O)C(C)(C)C(=O)C2(C)C)CCN(C(=O)CCC(=O)N(CCCCNC(=O)CC[C@H]1O[C@@H]2O[C@@]4(C)CC[C@H]5[C@H](C)CC[C@@H]([C@H]1C)[C@@]25OO4)CCCCNC(=O)CC[C@H]1O[C@@H]2O[C@@]4(C)CC[C@H]5[C@H](C)CC[C@@H]([C@H]1C)[C@@]25OO4)CC3. The molecule has 17 atom stereocenters. The Morgan fingerprint density at radius 1 is 0.605 bits per heavy atom. The summed E-state index contributed by atoms with van der Waals surface area (Å²) in [5, 5.41) is 6.21. The highest BCUT2D eigenvalue weighted by Gasteiger charge is 2.72. The lowest BCUT2D eigenvalue weighted by Gasteiger charge is -2.60. The maximum Gasteiger partial charge on any atom is 0.242 e. The monoisotopic (exact) mass is 1210 g/mol. The number of amides is 4. The number of hydrogen-bond donors (Lipinski definition) is 2. The first-order valence-electron chi connectivity index (χ1n) is 33.0. The van der Waals surface area contributed by atoms with Gasteiger partial charge in [0.25, 0.3) is 0 Å². The number of unbranched alkanes of at least 4 members (excludes halogenated alkanes) is 2. The van der Waals surface area contributed by atoms with E-state index in [4.69, 9.17) is 53.0 Å². The average molecular weight is 1210 g/mol. The average Bonchev–Trinajstić information content (AvgIpc) is 1.08. The van der Waals surface area contributed by atoms with Crippen molar-refractivity contribution in [2.45, 2.75) is 257 Å². The van der Waals surface area contributed by atoms with Crippen LogP contribution in [0.15, 0.2) is 11.6 Å². The number of Topliss-reactive ketones (excluding diaryl/α,β-unsaturated/α-hetero) is 2. The van der Waals surface area contributed by atoms with Crippen LogP contribution in [0.5, 0.6) is 0 Å². The smallest absolute Gasteiger partial charge is 0.242 e. The molecule has 3 aliphatic carbocycles. The van der Waals surface area contributed by atoms with Crippen molar-refractivity contribution in [2.24, 2.45) is 58.2 Å². The molecular weight excluding hydrogens is 1110 g/mol. The lowest BCUT2D eigenvalue weighted by atomic mass is 9.57. The molecule has 13 rings (SSSR count). The van der Waals surface area contributed by atoms with Crippen molar-refractivity contribution < 1.29 is 81.8 Å². The number of nitrogens with one attached hydrogen (secondary N) is 2. The molecule has 3 saturated carbocycles. The predicted molar refractivity (Wildman–Crippen MR) is 309 cm³/mol. The van der Waals surface area contributed by atoms with Gasteiger partial charge < -0.3 is 44.1 Å². The van der Waals surface area contributed by atoms with E-state index in [1.54, 1.807) is 38.7 Å². The van der Waals surface area contributed by atoms with E-state index in [0.717, 1.165) is 51.4 Å². The Bertz CT molecular complexity index is 2500. The van der Waals surface area contributed by atoms with E-state index < -0.39 is 57.6 Å². The Labute approximate surface area is 508 Å². The second-order valence-corrected chi connectivity index (χ2v) is 29.4. The van der Waals surface area contributed by atoms with Gasteiger partial charge in [-0.2, -0.15) is 4.89 Å². The Morgan fingerprint density at radius 3 is 1.59 bits per heavy atom. The molecule has 0 aromatic rings. The summed E-state index contributed by atoms with van der Waals surface area (Å²) in [5.74, 6) is -2.36. The zero-order valence-electron chi connectivity index (χ0n) is 53.2. The Morgan fingerprint density at radius 2 is 1.10 bits per heavy atom. The third-order valence-electron chi connectivity index (χ3n) is 23.3. The van der Waals surface area contributed by atoms with Gasteiger partial charge in [0.1, 0.15) is 5.60 Å². The standard InChI is InChI=1S/C65H100N4O17/c1-39-16-18-45-41(3)48(77-56-63(45)43(39)26-28-60(9,79-56)81-84-63)20-22-50(70)66-32-12-14-34-68(35-15-13-33-67-51(71)23-21-49-42(4)46-19-17-40(2)44-27-29-61(10)80-57(78-49)64(44,46)85-82-61)52(72)24-25-53(73)69-36-30-62(31-37-69)38-47-54(74)58(5,6)55(75)59(7,8)65(47,76-11)86-83-62/h38-46,48-49,56-57H,12-37H2,1-11H3,(H,66,70)(H,67,71)/t39-,40-,41-,42-,43+,44+,45+,46+,48-,49-,56-,57-,60-,61-,63-,64-,65?/m1/s1. The molecule has 482 valence electrons. The molecule has 86 heavy (non-hydrogen) atoms. The molecule has 0 radical (unpaired) electrons. The van der Waals surface area contributed by atoms with Gasteiger partial charge >= 0.3 is 0 Å². The zero-order chi connectivity index (χ0) is 61.4. The number of carbonyl (C=O) groups excluding carboxylic acids is 6. The third kappa shape index (κ3) is 11.2. The van der Waals surface area contributed by atoms with Crippen LogP contribution in [0.1, 0.15) is 198 Å². The second kappa shape index (κ2) is 24.3. The summed E-state index contributed by atoms with van der Waals surface area (Å²) < 4.78 is 32.3. The number of ketones is 2. The van der Waals surface area contributed by atoms with Gasteiger partial charge in [-0.3, -0.25) is 28.8 Å². The van der Waals surface area contributed by atoms with E-state index in [1.165, 1.54) is 7.11 Å². The number of piperidine rings is 1. The van der Waals surface area contributed by atoms with Crippen molar-refractivity contribution in [1.82, 2.24) is 20.4 Å². The number of nitrogens with zero attached hydrogens (tertiary/aromatic N) is 2. The molecule has 2 N–H and O–H groups in total. The molecule has 0 aromatic heterocycles. The quantitative estimate of drug-likeness (QED) is 0.0663. The summed E-state index contributed by atoms with van der Waals surface area (Å²) in [7, 11) is 1.40. The van der Waals surface area contributed by atoms with Crippen molar-refractivity contribution in [3.05, 3.63) is 11.6 Å². The Kier molecular flexibility index (Phi) is 18.1. The van der Waals surface area contributed by atoms with Crippen LogP contribution in [0.2, 0.25) is 0 Å². The molecule has 3 spiro atoms. The van der Waals surface area contributed by atoms with Crippen LogP contribution < -0.4 is 10.6 Å². The molecule has 10 heterocycles. The molecule has 1 unspecified atom stereocenters. The number of hydrogen-bond acceptors (Lipinski definition) is 17. The minimum Gasteiger partial charge on any atom is -0.356 e. The number of ether oxygens (including phenoxy) is 5. The van der Waals surface area contributed by atoms with Gasteiger partial charge in [0.15, 0.2) is 35.3 Å². The van der Waals surface area contributed by atoms with Crippen LogP contribution in [0.25, 0.3) is 0 Å². The number of likely N-dealkylation sites (tertiary alicyclic amines) is 1. The van der Waals surface area contributed by atoms with Crippen LogP contribution in [-0.2, 0) is 81.8 Å². The number of methoxy groups -OCH3 is 1. The summed E-state index contributed by atoms with van der Waals surface area (Å²) in [5.41, 5.74) is -4.59. The van der Waals surface area contributed by atoms with Gasteiger partial charge in [0, 0.05) is 110 Å². The fourth-order valence-electron chi connectivity index (χ4n) is 17.9. The fraction of sp³-hybridized carbons (Fsp3) is 0.877. The molecule has 9 saturated heterocycles. The minimum atomic E-state index is -1.71. The van der Waals surface area contributed by atoms with Gasteiger partial charge in [-0.05, 0) is 160 Å². The van der Waals surface area contributed by atoms with Gasteiger partial charge in [0.05, 0.1) is 28.6 Å². The van der Waals surface area contributed by atoms with Crippen LogP contribution in [0.4, 0.5) is 0 Å². The minimum absolute atomic E-state index is 0.0121. The summed E-state index contributed by atoms with van der Waals surface area (Å²) in [6.07, 6.45) is 12.9. The second-order valence-electron chi connectivity index (χ2n) is 29.4.